The Bertz CT molecular complexity index is 1010. The van der Waals surface area contributed by atoms with Gasteiger partial charge in [-0.25, -0.2) is 0 Å². The van der Waals surface area contributed by atoms with Gasteiger partial charge in [0, 0.05) is 37.2 Å². The van der Waals surface area contributed by atoms with E-state index in [2.05, 4.69) is 24.0 Å². The lowest BCUT2D eigenvalue weighted by Gasteiger charge is -2.57. The summed E-state index contributed by atoms with van der Waals surface area (Å²) in [5.41, 5.74) is 0.978. The number of fused-ring (bicyclic) bond motifs is 2. The van der Waals surface area contributed by atoms with Crippen molar-refractivity contribution in [1.29, 1.82) is 0 Å². The quantitative estimate of drug-likeness (QED) is 0.562. The van der Waals surface area contributed by atoms with Gasteiger partial charge >= 0.3 is 11.9 Å². The summed E-state index contributed by atoms with van der Waals surface area (Å²) >= 11 is 0. The van der Waals surface area contributed by atoms with E-state index in [-0.39, 0.29) is 23.3 Å². The molecule has 8 nitrogen and oxygen atoms in total. The number of hydrogen-bond donors (Lipinski definition) is 0. The van der Waals surface area contributed by atoms with E-state index in [1.165, 1.54) is 19.4 Å². The third-order valence-electron chi connectivity index (χ3n) is 9.85. The first-order valence-electron chi connectivity index (χ1n) is 13.0. The molecule has 4 fully saturated rings. The van der Waals surface area contributed by atoms with Gasteiger partial charge in [0.15, 0.2) is 18.0 Å². The van der Waals surface area contributed by atoms with Gasteiger partial charge in [-0.05, 0) is 51.8 Å². The predicted molar refractivity (Wildman–Crippen MR) is 125 cm³/mol. The molecule has 0 amide bonds. The highest BCUT2D eigenvalue weighted by molar-refractivity contribution is 5.68. The van der Waals surface area contributed by atoms with Crippen LogP contribution in [0, 0.1) is 11.3 Å². The van der Waals surface area contributed by atoms with E-state index >= 15 is 0 Å². The summed E-state index contributed by atoms with van der Waals surface area (Å²) in [6, 6.07) is -0.146. The highest BCUT2D eigenvalue weighted by Crippen LogP contribution is 2.70. The summed E-state index contributed by atoms with van der Waals surface area (Å²) in [5, 5.41) is 0. The zero-order valence-corrected chi connectivity index (χ0v) is 21.4. The van der Waals surface area contributed by atoms with Crippen molar-refractivity contribution in [3.05, 3.63) is 23.3 Å². The molecule has 35 heavy (non-hydrogen) atoms. The van der Waals surface area contributed by atoms with Gasteiger partial charge in [-0.1, -0.05) is 19.1 Å². The number of esters is 2. The van der Waals surface area contributed by atoms with Crippen molar-refractivity contribution in [2.45, 2.75) is 94.5 Å². The Morgan fingerprint density at radius 1 is 1.06 bits per heavy atom. The normalized spacial score (nSPS) is 44.9. The number of carbonyl (C=O) groups is 2. The molecule has 2 bridgehead atoms. The van der Waals surface area contributed by atoms with Crippen LogP contribution in [0.5, 0.6) is 0 Å². The zero-order chi connectivity index (χ0) is 24.8. The molecule has 2 saturated heterocycles. The van der Waals surface area contributed by atoms with Gasteiger partial charge in [-0.3, -0.25) is 9.59 Å². The highest BCUT2D eigenvalue weighted by Gasteiger charge is 2.73. The molecule has 0 aromatic heterocycles. The molecule has 6 rings (SSSR count). The molecule has 0 aromatic rings. The third kappa shape index (κ3) is 3.06. The van der Waals surface area contributed by atoms with Crippen LogP contribution in [0.3, 0.4) is 0 Å². The molecular weight excluding hydrogens is 450 g/mol. The van der Waals surface area contributed by atoms with Crippen LogP contribution >= 0.6 is 0 Å². The Labute approximate surface area is 206 Å². The monoisotopic (exact) mass is 487 g/mol. The van der Waals surface area contributed by atoms with E-state index in [4.69, 9.17) is 23.7 Å². The molecule has 3 spiro atoms. The van der Waals surface area contributed by atoms with Crippen LogP contribution in [0.4, 0.5) is 0 Å². The van der Waals surface area contributed by atoms with Crippen LogP contribution in [-0.2, 0) is 33.3 Å². The van der Waals surface area contributed by atoms with Gasteiger partial charge in [0.05, 0.1) is 30.5 Å². The first kappa shape index (κ1) is 23.6. The number of hydrogen-bond acceptors (Lipinski definition) is 8. The molecular formula is C27H37NO7. The fourth-order valence-corrected chi connectivity index (χ4v) is 8.40. The van der Waals surface area contributed by atoms with Crippen LogP contribution in [-0.4, -0.2) is 79.4 Å². The molecule has 3 heterocycles. The summed E-state index contributed by atoms with van der Waals surface area (Å²) in [6.45, 7) is 6.42. The van der Waals surface area contributed by atoms with E-state index < -0.39 is 35.2 Å². The SMILES string of the molecule is CC(=O)O[C@H]1[C@H](OC(C)=O)C2=CC3=CCC4(C)[C@@H](CCC45OCCO5)[C@@]34CC[C@]2(C[C@@H]1N(C)C)O4. The topological polar surface area (TPSA) is 83.5 Å². The van der Waals surface area contributed by atoms with Gasteiger partial charge in [0.1, 0.15) is 0 Å². The lowest BCUT2D eigenvalue weighted by atomic mass is 9.59. The highest BCUT2D eigenvalue weighted by atomic mass is 16.7. The Morgan fingerprint density at radius 3 is 2.43 bits per heavy atom. The number of ether oxygens (including phenoxy) is 5. The minimum absolute atomic E-state index is 0.146. The second-order valence-corrected chi connectivity index (χ2v) is 11.7. The lowest BCUT2D eigenvalue weighted by Crippen LogP contribution is -2.64. The molecule has 3 aliphatic carbocycles. The van der Waals surface area contributed by atoms with Crippen LogP contribution in [0.15, 0.2) is 23.3 Å². The molecule has 8 heteroatoms. The van der Waals surface area contributed by atoms with Crippen molar-refractivity contribution in [3.63, 3.8) is 0 Å². The number of allylic oxidation sites excluding steroid dienone is 1. The summed E-state index contributed by atoms with van der Waals surface area (Å²) in [5.74, 6) is -1.03. The minimum atomic E-state index is -0.681. The number of nitrogens with zero attached hydrogens (tertiary/aromatic N) is 1. The molecule has 0 N–H and O–H groups in total. The van der Waals surface area contributed by atoms with E-state index in [1.54, 1.807) is 0 Å². The van der Waals surface area contributed by atoms with Crippen LogP contribution in [0.1, 0.15) is 59.3 Å². The van der Waals surface area contributed by atoms with Crippen molar-refractivity contribution >= 4 is 11.9 Å². The lowest BCUT2D eigenvalue weighted by molar-refractivity contribution is -0.245. The van der Waals surface area contributed by atoms with Crippen LogP contribution in [0.25, 0.3) is 0 Å². The van der Waals surface area contributed by atoms with E-state index in [0.717, 1.165) is 37.7 Å². The predicted octanol–water partition coefficient (Wildman–Crippen LogP) is 2.90. The van der Waals surface area contributed by atoms with E-state index in [9.17, 15) is 9.59 Å². The number of rotatable bonds is 3. The second kappa shape index (κ2) is 7.63. The fraction of sp³-hybridized carbons (Fsp3) is 0.778. The Morgan fingerprint density at radius 2 is 1.77 bits per heavy atom. The average Bonchev–Trinajstić information content (AvgIpc) is 3.46. The van der Waals surface area contributed by atoms with Gasteiger partial charge in [-0.15, -0.1) is 0 Å². The maximum absolute atomic E-state index is 12.2. The van der Waals surface area contributed by atoms with Gasteiger partial charge in [-0.2, -0.15) is 0 Å². The molecule has 1 unspecified atom stereocenters. The minimum Gasteiger partial charge on any atom is -0.457 e. The van der Waals surface area contributed by atoms with Crippen LogP contribution < -0.4 is 0 Å². The molecule has 6 aliphatic rings. The molecule has 0 radical (unpaired) electrons. The third-order valence-corrected chi connectivity index (χ3v) is 9.85. The Balaban J connectivity index is 1.46. The standard InChI is InChI=1S/C27H37NO7/c1-16(29)33-22-19-14-18-6-8-24(3)21(7-9-27(24)31-12-13-32-27)26(18)11-10-25(19,35-26)15-20(28(4)5)23(22)34-17(2)30/h6,14,20-23H,7-13,15H2,1-5H3/t20-,21+,22+,23+,24?,25+,26+/m0/s1. The Kier molecular flexibility index (Phi) is 5.16. The van der Waals surface area contributed by atoms with Crippen molar-refractivity contribution in [2.75, 3.05) is 27.3 Å². The van der Waals surface area contributed by atoms with Crippen LogP contribution in [0.2, 0.25) is 0 Å². The molecule has 192 valence electrons. The van der Waals surface area contributed by atoms with Gasteiger partial charge < -0.3 is 28.6 Å². The van der Waals surface area contributed by atoms with Gasteiger partial charge in [0.2, 0.25) is 0 Å². The van der Waals surface area contributed by atoms with Crippen molar-refractivity contribution in [3.8, 4) is 0 Å². The molecule has 7 atom stereocenters. The van der Waals surface area contributed by atoms with Crippen molar-refractivity contribution in [2.24, 2.45) is 11.3 Å². The first-order valence-corrected chi connectivity index (χ1v) is 13.0. The van der Waals surface area contributed by atoms with Gasteiger partial charge in [0.25, 0.3) is 0 Å². The summed E-state index contributed by atoms with van der Waals surface area (Å²) in [6.07, 6.45) is 8.38. The maximum Gasteiger partial charge on any atom is 0.303 e. The maximum atomic E-state index is 12.2. The average molecular weight is 488 g/mol. The fourth-order valence-electron chi connectivity index (χ4n) is 8.40. The van der Waals surface area contributed by atoms with E-state index in [1.807, 2.05) is 14.1 Å². The molecule has 3 aliphatic heterocycles. The Hall–Kier alpha value is -1.74. The second-order valence-electron chi connectivity index (χ2n) is 11.7. The van der Waals surface area contributed by atoms with E-state index in [0.29, 0.717) is 19.6 Å². The number of carbonyl (C=O) groups excluding carboxylic acids is 2. The smallest absolute Gasteiger partial charge is 0.303 e. The zero-order valence-electron chi connectivity index (χ0n) is 21.4. The van der Waals surface area contributed by atoms with Crippen molar-refractivity contribution < 1.29 is 33.3 Å². The molecule has 2 saturated carbocycles. The molecule has 0 aromatic carbocycles. The summed E-state index contributed by atoms with van der Waals surface area (Å²) in [7, 11) is 3.95. The largest absolute Gasteiger partial charge is 0.457 e. The number of likely N-dealkylation sites (N-methyl/N-ethyl adjacent to an activating group) is 1. The summed E-state index contributed by atoms with van der Waals surface area (Å²) < 4.78 is 31.6. The van der Waals surface area contributed by atoms with Crippen molar-refractivity contribution in [1.82, 2.24) is 4.90 Å². The summed E-state index contributed by atoms with van der Waals surface area (Å²) in [4.78, 5) is 26.4. The first-order chi connectivity index (χ1) is 16.6.